The Morgan fingerprint density at radius 1 is 1.43 bits per heavy atom. The summed E-state index contributed by atoms with van der Waals surface area (Å²) >= 11 is 0. The van der Waals surface area contributed by atoms with Crippen LogP contribution in [0.2, 0.25) is 0 Å². The molecule has 0 heterocycles. The molecule has 1 amide bonds. The molecule has 0 aliphatic heterocycles. The van der Waals surface area contributed by atoms with Crippen molar-refractivity contribution in [2.75, 3.05) is 13.1 Å². The van der Waals surface area contributed by atoms with Gasteiger partial charge in [-0.2, -0.15) is 13.2 Å². The Morgan fingerprint density at radius 2 is 1.93 bits per heavy atom. The van der Waals surface area contributed by atoms with E-state index in [4.69, 9.17) is 5.73 Å². The van der Waals surface area contributed by atoms with E-state index in [0.29, 0.717) is 0 Å². The average Bonchev–Trinajstić information content (AvgIpc) is 1.95. The highest BCUT2D eigenvalue weighted by Crippen LogP contribution is 2.21. The fourth-order valence-electron chi connectivity index (χ4n) is 1.08. The number of carbonyl (C=O) groups is 1. The molecule has 0 fully saturated rings. The van der Waals surface area contributed by atoms with Crippen molar-refractivity contribution < 1.29 is 18.0 Å². The first-order valence-electron chi connectivity index (χ1n) is 4.34. The van der Waals surface area contributed by atoms with Crippen LogP contribution in [0.15, 0.2) is 0 Å². The highest BCUT2D eigenvalue weighted by atomic mass is 19.4. The van der Waals surface area contributed by atoms with E-state index in [1.807, 2.05) is 0 Å². The lowest BCUT2D eigenvalue weighted by atomic mass is 10.2. The molecule has 0 aliphatic rings. The van der Waals surface area contributed by atoms with Crippen molar-refractivity contribution in [3.63, 3.8) is 0 Å². The van der Waals surface area contributed by atoms with Gasteiger partial charge >= 0.3 is 6.18 Å². The van der Waals surface area contributed by atoms with Gasteiger partial charge in [-0.15, -0.1) is 0 Å². The zero-order chi connectivity index (χ0) is 11.4. The van der Waals surface area contributed by atoms with E-state index in [9.17, 15) is 18.0 Å². The number of alkyl halides is 3. The fraction of sp³-hybridized carbons (Fsp3) is 0.875. The van der Waals surface area contributed by atoms with Gasteiger partial charge in [0.25, 0.3) is 0 Å². The first-order valence-corrected chi connectivity index (χ1v) is 4.34. The van der Waals surface area contributed by atoms with E-state index < -0.39 is 18.5 Å². The SMILES string of the molecule is CC(C)N(CCN)C(=O)CC(F)(F)F. The number of nitrogens with zero attached hydrogens (tertiary/aromatic N) is 1. The monoisotopic (exact) mass is 212 g/mol. The molecule has 3 nitrogen and oxygen atoms in total. The Labute approximate surface area is 81.1 Å². The van der Waals surface area contributed by atoms with E-state index in [-0.39, 0.29) is 19.1 Å². The summed E-state index contributed by atoms with van der Waals surface area (Å²) in [4.78, 5) is 12.3. The minimum atomic E-state index is -4.45. The van der Waals surface area contributed by atoms with Crippen LogP contribution >= 0.6 is 0 Å². The van der Waals surface area contributed by atoms with Gasteiger partial charge in [-0.1, -0.05) is 0 Å². The number of rotatable bonds is 4. The van der Waals surface area contributed by atoms with Crippen LogP contribution in [0.5, 0.6) is 0 Å². The second-order valence-electron chi connectivity index (χ2n) is 3.26. The third kappa shape index (κ3) is 5.06. The summed E-state index contributed by atoms with van der Waals surface area (Å²) in [5.74, 6) is -0.919. The maximum atomic E-state index is 11.9. The fourth-order valence-corrected chi connectivity index (χ4v) is 1.08. The minimum Gasteiger partial charge on any atom is -0.339 e. The summed E-state index contributed by atoms with van der Waals surface area (Å²) in [5, 5.41) is 0. The van der Waals surface area contributed by atoms with Crippen LogP contribution in [-0.2, 0) is 4.79 Å². The molecule has 0 aromatic heterocycles. The van der Waals surface area contributed by atoms with Crippen molar-refractivity contribution in [3.8, 4) is 0 Å². The number of hydrogen-bond acceptors (Lipinski definition) is 2. The van der Waals surface area contributed by atoms with Gasteiger partial charge in [0.2, 0.25) is 5.91 Å². The smallest absolute Gasteiger partial charge is 0.339 e. The Balaban J connectivity index is 4.30. The first-order chi connectivity index (χ1) is 6.28. The van der Waals surface area contributed by atoms with Crippen molar-refractivity contribution in [3.05, 3.63) is 0 Å². The molecule has 6 heteroatoms. The molecule has 0 unspecified atom stereocenters. The van der Waals surface area contributed by atoms with E-state index in [1.165, 1.54) is 0 Å². The largest absolute Gasteiger partial charge is 0.397 e. The molecule has 0 saturated heterocycles. The number of amides is 1. The summed E-state index contributed by atoms with van der Waals surface area (Å²) in [6, 6.07) is -0.256. The molecule has 0 aromatic rings. The van der Waals surface area contributed by atoms with Crippen LogP contribution < -0.4 is 5.73 Å². The van der Waals surface area contributed by atoms with E-state index in [1.54, 1.807) is 13.8 Å². The number of halogens is 3. The van der Waals surface area contributed by atoms with E-state index in [2.05, 4.69) is 0 Å². The maximum absolute atomic E-state index is 11.9. The van der Waals surface area contributed by atoms with Crippen LogP contribution in [0.4, 0.5) is 13.2 Å². The van der Waals surface area contributed by atoms with Crippen molar-refractivity contribution in [1.82, 2.24) is 4.90 Å². The van der Waals surface area contributed by atoms with Gasteiger partial charge in [-0.25, -0.2) is 0 Å². The third-order valence-corrected chi connectivity index (χ3v) is 1.67. The summed E-state index contributed by atoms with van der Waals surface area (Å²) in [6.07, 6.45) is -5.86. The number of nitrogens with two attached hydrogens (primary N) is 1. The zero-order valence-electron chi connectivity index (χ0n) is 8.27. The molecule has 2 N–H and O–H groups in total. The Morgan fingerprint density at radius 3 is 2.21 bits per heavy atom. The van der Waals surface area contributed by atoms with Gasteiger partial charge < -0.3 is 10.6 Å². The molecule has 0 aliphatic carbocycles. The molecule has 0 saturated carbocycles. The highest BCUT2D eigenvalue weighted by molar-refractivity contribution is 5.77. The quantitative estimate of drug-likeness (QED) is 0.759. The van der Waals surface area contributed by atoms with Gasteiger partial charge in [0.05, 0.1) is 0 Å². The molecular weight excluding hydrogens is 197 g/mol. The molecule has 14 heavy (non-hydrogen) atoms. The topological polar surface area (TPSA) is 46.3 Å². The second kappa shape index (κ2) is 5.19. The van der Waals surface area contributed by atoms with Crippen LogP contribution in [0.3, 0.4) is 0 Å². The third-order valence-electron chi connectivity index (χ3n) is 1.67. The maximum Gasteiger partial charge on any atom is 0.397 e. The predicted octanol–water partition coefficient (Wildman–Crippen LogP) is 1.13. The van der Waals surface area contributed by atoms with Crippen molar-refractivity contribution in [2.24, 2.45) is 5.73 Å². The molecule has 0 rings (SSSR count). The second-order valence-corrected chi connectivity index (χ2v) is 3.26. The molecule has 0 aromatic carbocycles. The van der Waals surface area contributed by atoms with Gasteiger partial charge in [-0.3, -0.25) is 4.79 Å². The Bertz CT molecular complexity index is 192. The minimum absolute atomic E-state index is 0.159. The summed E-state index contributed by atoms with van der Waals surface area (Å²) in [5.41, 5.74) is 5.19. The summed E-state index contributed by atoms with van der Waals surface area (Å²) in [6.45, 7) is 3.64. The molecule has 0 radical (unpaired) electrons. The standard InChI is InChI=1S/C8H15F3N2O/c1-6(2)13(4-3-12)7(14)5-8(9,10)11/h6H,3-5,12H2,1-2H3. The van der Waals surface area contributed by atoms with Gasteiger partial charge in [-0.05, 0) is 13.8 Å². The van der Waals surface area contributed by atoms with Crippen molar-refractivity contribution in [2.45, 2.75) is 32.5 Å². The van der Waals surface area contributed by atoms with Gasteiger partial charge in [0, 0.05) is 19.1 Å². The lowest BCUT2D eigenvalue weighted by molar-refractivity contribution is -0.162. The average molecular weight is 212 g/mol. The van der Waals surface area contributed by atoms with E-state index >= 15 is 0 Å². The van der Waals surface area contributed by atoms with Gasteiger partial charge in [0.15, 0.2) is 0 Å². The molecule has 0 spiro atoms. The van der Waals surface area contributed by atoms with Crippen LogP contribution in [-0.4, -0.2) is 36.1 Å². The first kappa shape index (κ1) is 13.2. The van der Waals surface area contributed by atoms with Crippen molar-refractivity contribution >= 4 is 5.91 Å². The molecule has 0 bridgehead atoms. The normalized spacial score (nSPS) is 11.9. The zero-order valence-corrected chi connectivity index (χ0v) is 8.27. The van der Waals surface area contributed by atoms with Gasteiger partial charge in [0.1, 0.15) is 6.42 Å². The molecule has 84 valence electrons. The summed E-state index contributed by atoms with van der Waals surface area (Å²) < 4.78 is 35.7. The lowest BCUT2D eigenvalue weighted by Gasteiger charge is -2.26. The molecular formula is C8H15F3N2O. The Hall–Kier alpha value is -0.780. The number of carbonyl (C=O) groups excluding carboxylic acids is 1. The highest BCUT2D eigenvalue weighted by Gasteiger charge is 2.33. The predicted molar refractivity (Wildman–Crippen MR) is 46.6 cm³/mol. The van der Waals surface area contributed by atoms with Crippen LogP contribution in [0.1, 0.15) is 20.3 Å². The lowest BCUT2D eigenvalue weighted by Crippen LogP contribution is -2.42. The summed E-state index contributed by atoms with van der Waals surface area (Å²) in [7, 11) is 0. The molecule has 0 atom stereocenters. The number of hydrogen-bond donors (Lipinski definition) is 1. The van der Waals surface area contributed by atoms with Crippen molar-refractivity contribution in [1.29, 1.82) is 0 Å². The Kier molecular flexibility index (Phi) is 4.90. The van der Waals surface area contributed by atoms with Crippen LogP contribution in [0.25, 0.3) is 0 Å². The van der Waals surface area contributed by atoms with E-state index in [0.717, 1.165) is 4.90 Å². The van der Waals surface area contributed by atoms with Crippen LogP contribution in [0, 0.1) is 0 Å².